The molecule has 0 saturated heterocycles. The SMILES string of the molecule is N#Cc1ccn(CC23CC(C2)C(C(=O)N2N=CCC2c2cc(F)cc(F)c2)C3)n1. The van der Waals surface area contributed by atoms with Crippen LogP contribution in [0.1, 0.15) is 43.0 Å². The minimum atomic E-state index is -0.655. The summed E-state index contributed by atoms with van der Waals surface area (Å²) in [5.74, 6) is -1.23. The molecule has 3 fully saturated rings. The zero-order valence-corrected chi connectivity index (χ0v) is 15.6. The van der Waals surface area contributed by atoms with Crippen LogP contribution in [0.5, 0.6) is 0 Å². The number of amides is 1. The van der Waals surface area contributed by atoms with E-state index in [1.807, 2.05) is 6.07 Å². The summed E-state index contributed by atoms with van der Waals surface area (Å²) >= 11 is 0. The molecule has 2 bridgehead atoms. The number of nitriles is 1. The lowest BCUT2D eigenvalue weighted by Gasteiger charge is -2.38. The number of fused-ring (bicyclic) bond motifs is 1. The smallest absolute Gasteiger partial charge is 0.246 e. The van der Waals surface area contributed by atoms with Gasteiger partial charge in [0.25, 0.3) is 0 Å². The van der Waals surface area contributed by atoms with Crippen LogP contribution in [0.15, 0.2) is 35.6 Å². The quantitative estimate of drug-likeness (QED) is 0.796. The maximum absolute atomic E-state index is 13.7. The van der Waals surface area contributed by atoms with E-state index in [0.717, 1.165) is 25.3 Å². The topological polar surface area (TPSA) is 74.3 Å². The van der Waals surface area contributed by atoms with Crippen LogP contribution in [0.25, 0.3) is 0 Å². The van der Waals surface area contributed by atoms with Gasteiger partial charge in [-0.15, -0.1) is 0 Å². The molecule has 0 radical (unpaired) electrons. The van der Waals surface area contributed by atoms with E-state index in [1.54, 1.807) is 23.2 Å². The molecule has 8 heteroatoms. The van der Waals surface area contributed by atoms with Gasteiger partial charge in [0.1, 0.15) is 17.7 Å². The molecule has 1 amide bonds. The van der Waals surface area contributed by atoms with Gasteiger partial charge in [0.05, 0.1) is 6.04 Å². The summed E-state index contributed by atoms with van der Waals surface area (Å²) in [5.41, 5.74) is 0.835. The number of rotatable bonds is 4. The molecule has 2 aromatic rings. The molecule has 2 unspecified atom stereocenters. The largest absolute Gasteiger partial charge is 0.273 e. The van der Waals surface area contributed by atoms with E-state index in [1.165, 1.54) is 17.1 Å². The zero-order chi connectivity index (χ0) is 20.2. The highest BCUT2D eigenvalue weighted by molar-refractivity contribution is 5.83. The van der Waals surface area contributed by atoms with Crippen LogP contribution in [0.2, 0.25) is 0 Å². The van der Waals surface area contributed by atoms with Gasteiger partial charge in [-0.2, -0.15) is 15.5 Å². The normalized spacial score (nSPS) is 29.7. The molecule has 4 aliphatic rings. The van der Waals surface area contributed by atoms with Crippen LogP contribution < -0.4 is 0 Å². The predicted octanol–water partition coefficient (Wildman–Crippen LogP) is 3.41. The van der Waals surface area contributed by atoms with Gasteiger partial charge in [-0.25, -0.2) is 13.8 Å². The lowest BCUT2D eigenvalue weighted by molar-refractivity contribution is -0.138. The minimum Gasteiger partial charge on any atom is -0.273 e. The van der Waals surface area contributed by atoms with Crippen molar-refractivity contribution < 1.29 is 13.6 Å². The second-order valence-electron chi connectivity index (χ2n) is 8.42. The van der Waals surface area contributed by atoms with Crippen molar-refractivity contribution in [3.63, 3.8) is 0 Å². The Bertz CT molecular complexity index is 1030. The van der Waals surface area contributed by atoms with E-state index in [2.05, 4.69) is 10.2 Å². The number of hydrogen-bond donors (Lipinski definition) is 0. The second kappa shape index (κ2) is 6.48. The zero-order valence-electron chi connectivity index (χ0n) is 15.6. The highest BCUT2D eigenvalue weighted by Gasteiger charge is 2.59. The van der Waals surface area contributed by atoms with Gasteiger partial charge in [0.2, 0.25) is 5.91 Å². The van der Waals surface area contributed by atoms with E-state index < -0.39 is 17.7 Å². The molecule has 1 aromatic carbocycles. The number of carbonyl (C=O) groups excluding carboxylic acids is 1. The van der Waals surface area contributed by atoms with E-state index >= 15 is 0 Å². The Hall–Kier alpha value is -3.08. The summed E-state index contributed by atoms with van der Waals surface area (Å²) in [7, 11) is 0. The Morgan fingerprint density at radius 2 is 2.00 bits per heavy atom. The van der Waals surface area contributed by atoms with E-state index in [9.17, 15) is 13.6 Å². The van der Waals surface area contributed by atoms with Gasteiger partial charge in [-0.05, 0) is 54.4 Å². The molecule has 0 spiro atoms. The van der Waals surface area contributed by atoms with Gasteiger partial charge >= 0.3 is 0 Å². The predicted molar refractivity (Wildman–Crippen MR) is 99.3 cm³/mol. The third-order valence-corrected chi connectivity index (χ3v) is 6.51. The summed E-state index contributed by atoms with van der Waals surface area (Å²) in [6.07, 6.45) is 6.52. The van der Waals surface area contributed by atoms with Gasteiger partial charge in [-0.3, -0.25) is 9.48 Å². The van der Waals surface area contributed by atoms with Crippen molar-refractivity contribution in [2.24, 2.45) is 22.4 Å². The van der Waals surface area contributed by atoms with Gasteiger partial charge in [0.15, 0.2) is 5.69 Å². The third kappa shape index (κ3) is 3.01. The summed E-state index contributed by atoms with van der Waals surface area (Å²) in [4.78, 5) is 13.2. The maximum Gasteiger partial charge on any atom is 0.246 e. The summed E-state index contributed by atoms with van der Waals surface area (Å²) in [6.45, 7) is 0.691. The van der Waals surface area contributed by atoms with Crippen LogP contribution in [0.4, 0.5) is 8.78 Å². The molecule has 3 aliphatic carbocycles. The van der Waals surface area contributed by atoms with Gasteiger partial charge in [-0.1, -0.05) is 0 Å². The van der Waals surface area contributed by atoms with Crippen molar-refractivity contribution in [2.45, 2.75) is 38.3 Å². The Kier molecular flexibility index (Phi) is 4.02. The van der Waals surface area contributed by atoms with E-state index in [4.69, 9.17) is 5.26 Å². The number of hydrogen-bond acceptors (Lipinski definition) is 4. The molecule has 2 atom stereocenters. The number of benzene rings is 1. The fourth-order valence-corrected chi connectivity index (χ4v) is 5.31. The van der Waals surface area contributed by atoms with Crippen molar-refractivity contribution in [3.8, 4) is 6.07 Å². The first kappa shape index (κ1) is 18.0. The fraction of sp³-hybridized carbons (Fsp3) is 0.429. The molecule has 6 rings (SSSR count). The first-order chi connectivity index (χ1) is 14.0. The number of aromatic nitrogens is 2. The first-order valence-electron chi connectivity index (χ1n) is 9.71. The molecule has 6 nitrogen and oxygen atoms in total. The molecule has 29 heavy (non-hydrogen) atoms. The highest BCUT2D eigenvalue weighted by Crippen LogP contribution is 2.63. The first-order valence-corrected chi connectivity index (χ1v) is 9.71. The van der Waals surface area contributed by atoms with E-state index in [0.29, 0.717) is 30.1 Å². The summed E-state index contributed by atoms with van der Waals surface area (Å²) in [5, 5.41) is 18.8. The monoisotopic (exact) mass is 395 g/mol. The van der Waals surface area contributed by atoms with Crippen LogP contribution in [-0.2, 0) is 11.3 Å². The summed E-state index contributed by atoms with van der Waals surface area (Å²) < 4.78 is 29.1. The molecular weight excluding hydrogens is 376 g/mol. The van der Waals surface area contributed by atoms with Crippen molar-refractivity contribution in [1.29, 1.82) is 5.26 Å². The molecular formula is C21H19F2N5O. The Labute approximate surface area is 166 Å². The Morgan fingerprint density at radius 1 is 1.24 bits per heavy atom. The molecule has 0 N–H and O–H groups in total. The molecule has 148 valence electrons. The standard InChI is InChI=1S/C21H19F2N5O/c22-15-5-13(6-16(23)7-15)19-1-3-25-28(19)20(29)18-10-21(8-14(18)9-21)12-27-4-2-17(11-24)26-27/h2-7,14,18-19H,1,8-10,12H2. The van der Waals surface area contributed by atoms with Gasteiger partial charge < -0.3 is 0 Å². The van der Waals surface area contributed by atoms with Crippen molar-refractivity contribution in [3.05, 3.63) is 53.4 Å². The highest BCUT2D eigenvalue weighted by atomic mass is 19.1. The lowest BCUT2D eigenvalue weighted by atomic mass is 9.69. The van der Waals surface area contributed by atoms with Crippen LogP contribution in [0, 0.1) is 40.2 Å². The average Bonchev–Trinajstić information content (AvgIpc) is 3.42. The van der Waals surface area contributed by atoms with Crippen LogP contribution in [-0.4, -0.2) is 26.9 Å². The number of nitrogens with zero attached hydrogens (tertiary/aromatic N) is 5. The Balaban J connectivity index is 1.31. The van der Waals surface area contributed by atoms with Crippen LogP contribution in [0.3, 0.4) is 0 Å². The third-order valence-electron chi connectivity index (χ3n) is 6.51. The molecule has 1 aliphatic heterocycles. The van der Waals surface area contributed by atoms with Crippen molar-refractivity contribution in [2.75, 3.05) is 0 Å². The Morgan fingerprint density at radius 3 is 2.69 bits per heavy atom. The maximum atomic E-state index is 13.7. The van der Waals surface area contributed by atoms with Crippen LogP contribution >= 0.6 is 0 Å². The minimum absolute atomic E-state index is 0.0215. The lowest BCUT2D eigenvalue weighted by Crippen LogP contribution is -2.35. The second-order valence-corrected chi connectivity index (χ2v) is 8.42. The van der Waals surface area contributed by atoms with Gasteiger partial charge in [0, 0.05) is 37.4 Å². The molecule has 1 aromatic heterocycles. The molecule has 2 heterocycles. The average molecular weight is 395 g/mol. The molecule has 3 saturated carbocycles. The number of halogens is 2. The van der Waals surface area contributed by atoms with Crippen molar-refractivity contribution >= 4 is 12.1 Å². The summed E-state index contributed by atoms with van der Waals surface area (Å²) in [6, 6.07) is 6.61. The number of hydrazone groups is 1. The number of carbonyl (C=O) groups is 1. The van der Waals surface area contributed by atoms with E-state index in [-0.39, 0.29) is 17.2 Å². The fourth-order valence-electron chi connectivity index (χ4n) is 5.31. The van der Waals surface area contributed by atoms with Crippen molar-refractivity contribution in [1.82, 2.24) is 14.8 Å².